The summed E-state index contributed by atoms with van der Waals surface area (Å²) in [4.78, 5) is 0. The van der Waals surface area contributed by atoms with Crippen molar-refractivity contribution < 1.29 is 19.7 Å². The van der Waals surface area contributed by atoms with E-state index in [-0.39, 0.29) is 29.1 Å². The third kappa shape index (κ3) is 4.58. The fourth-order valence-electron chi connectivity index (χ4n) is 9.35. The minimum absolute atomic E-state index is 0.0863. The molecule has 4 aliphatic carbocycles. The molecule has 0 spiro atoms. The first-order valence-electron chi connectivity index (χ1n) is 14.0. The largest absolute Gasteiger partial charge is 0.393 e. The van der Waals surface area contributed by atoms with Crippen molar-refractivity contribution in [2.45, 2.75) is 96.9 Å². The molecule has 2 N–H and O–H groups in total. The molecule has 4 heteroatoms. The molecule has 4 fully saturated rings. The highest BCUT2D eigenvalue weighted by Gasteiger charge is 2.65. The van der Waals surface area contributed by atoms with Crippen LogP contribution >= 0.6 is 0 Å². The third-order valence-electron chi connectivity index (χ3n) is 11.1. The second-order valence-electron chi connectivity index (χ2n) is 12.6. The fourth-order valence-corrected chi connectivity index (χ4v) is 9.35. The van der Waals surface area contributed by atoms with E-state index in [2.05, 4.69) is 33.9 Å². The van der Waals surface area contributed by atoms with Gasteiger partial charge in [0.05, 0.1) is 31.5 Å². The minimum Gasteiger partial charge on any atom is -0.393 e. The number of fused-ring (bicyclic) bond motifs is 5. The molecule has 0 saturated heterocycles. The third-order valence-corrected chi connectivity index (χ3v) is 11.1. The molecular formula is C30H50O4. The van der Waals surface area contributed by atoms with E-state index in [0.29, 0.717) is 48.7 Å². The SMILES string of the molecule is C=CCOCCC[C@@H](C)[C@H]1CC[C@H]2[C@@H]3[C@H](O)C[C@@H]4C[C@H](OCC=C)CC[C@]4(C)[C@H]3C[C@H](O)[C@]12C. The van der Waals surface area contributed by atoms with Gasteiger partial charge in [-0.1, -0.05) is 32.9 Å². The van der Waals surface area contributed by atoms with Crippen molar-refractivity contribution in [3.8, 4) is 0 Å². The van der Waals surface area contributed by atoms with Gasteiger partial charge >= 0.3 is 0 Å². The lowest BCUT2D eigenvalue weighted by molar-refractivity contribution is -0.208. The Labute approximate surface area is 208 Å². The average molecular weight is 475 g/mol. The van der Waals surface area contributed by atoms with Gasteiger partial charge in [0, 0.05) is 6.61 Å². The molecule has 0 radical (unpaired) electrons. The van der Waals surface area contributed by atoms with E-state index in [0.717, 1.165) is 58.0 Å². The Hall–Kier alpha value is -0.680. The van der Waals surface area contributed by atoms with Crippen LogP contribution in [0.4, 0.5) is 0 Å². The maximum atomic E-state index is 11.7. The van der Waals surface area contributed by atoms with Gasteiger partial charge in [-0.3, -0.25) is 0 Å². The summed E-state index contributed by atoms with van der Waals surface area (Å²) >= 11 is 0. The van der Waals surface area contributed by atoms with Crippen LogP contribution in [0, 0.1) is 46.3 Å². The molecule has 34 heavy (non-hydrogen) atoms. The maximum Gasteiger partial charge on any atom is 0.0648 e. The van der Waals surface area contributed by atoms with E-state index in [1.807, 2.05) is 12.2 Å². The Morgan fingerprint density at radius 1 is 1.00 bits per heavy atom. The molecule has 0 aromatic heterocycles. The predicted molar refractivity (Wildman–Crippen MR) is 137 cm³/mol. The number of hydrogen-bond donors (Lipinski definition) is 2. The molecular weight excluding hydrogens is 424 g/mol. The standard InChI is InChI=1S/C30H50O4/c1-6-14-33-16-8-9-20(3)23-10-11-24-28-25(19-27(32)30(23,24)5)29(4)13-12-22(34-15-7-2)17-21(29)18-26(28)31/h6-7,20-28,31-32H,1-2,8-19H2,3-5H3/t20-,21+,22-,23-,24+,25+,26-,27+,28+,29+,30-/m1/s1. The van der Waals surface area contributed by atoms with Crippen LogP contribution in [0.1, 0.15) is 78.6 Å². The minimum atomic E-state index is -0.275. The summed E-state index contributed by atoms with van der Waals surface area (Å²) in [7, 11) is 0. The van der Waals surface area contributed by atoms with Crippen molar-refractivity contribution in [1.82, 2.24) is 0 Å². The van der Waals surface area contributed by atoms with Crippen LogP contribution in [0.15, 0.2) is 25.3 Å². The second kappa shape index (κ2) is 10.7. The number of ether oxygens (including phenoxy) is 2. The summed E-state index contributed by atoms with van der Waals surface area (Å²) in [5.74, 6) is 2.73. The van der Waals surface area contributed by atoms with Crippen LogP contribution in [-0.4, -0.2) is 48.3 Å². The van der Waals surface area contributed by atoms with Crippen molar-refractivity contribution >= 4 is 0 Å². The maximum absolute atomic E-state index is 11.7. The van der Waals surface area contributed by atoms with E-state index in [9.17, 15) is 10.2 Å². The van der Waals surface area contributed by atoms with E-state index < -0.39 is 0 Å². The first-order chi connectivity index (χ1) is 16.3. The van der Waals surface area contributed by atoms with Crippen LogP contribution in [-0.2, 0) is 9.47 Å². The molecule has 4 aliphatic rings. The molecule has 0 amide bonds. The molecule has 4 nitrogen and oxygen atoms in total. The van der Waals surface area contributed by atoms with Crippen molar-refractivity contribution in [3.63, 3.8) is 0 Å². The molecule has 0 aromatic rings. The van der Waals surface area contributed by atoms with Gasteiger partial charge in [-0.2, -0.15) is 0 Å². The summed E-state index contributed by atoms with van der Waals surface area (Å²) in [6.07, 6.45) is 13.0. The molecule has 0 unspecified atom stereocenters. The highest BCUT2D eigenvalue weighted by molar-refractivity contribution is 5.14. The number of aliphatic hydroxyl groups is 2. The van der Waals surface area contributed by atoms with Gasteiger partial charge in [0.15, 0.2) is 0 Å². The Bertz CT molecular complexity index is 708. The van der Waals surface area contributed by atoms with Crippen LogP contribution in [0.3, 0.4) is 0 Å². The molecule has 0 aliphatic heterocycles. The zero-order valence-electron chi connectivity index (χ0n) is 22.0. The molecule has 11 atom stereocenters. The Kier molecular flexibility index (Phi) is 8.34. The van der Waals surface area contributed by atoms with Gasteiger partial charge < -0.3 is 19.7 Å². The van der Waals surface area contributed by atoms with Crippen molar-refractivity contribution in [2.24, 2.45) is 46.3 Å². The summed E-state index contributed by atoms with van der Waals surface area (Å²) in [6.45, 7) is 16.7. The molecule has 4 saturated carbocycles. The lowest BCUT2D eigenvalue weighted by Crippen LogP contribution is -2.62. The van der Waals surface area contributed by atoms with E-state index >= 15 is 0 Å². The molecule has 0 heterocycles. The quantitative estimate of drug-likeness (QED) is 0.311. The second-order valence-corrected chi connectivity index (χ2v) is 12.6. The van der Waals surface area contributed by atoms with Crippen LogP contribution in [0.2, 0.25) is 0 Å². The van der Waals surface area contributed by atoms with Crippen LogP contribution in [0.5, 0.6) is 0 Å². The zero-order valence-corrected chi connectivity index (χ0v) is 22.0. The molecule has 4 rings (SSSR count). The van der Waals surface area contributed by atoms with E-state index in [1.54, 1.807) is 0 Å². The first-order valence-corrected chi connectivity index (χ1v) is 14.0. The summed E-state index contributed by atoms with van der Waals surface area (Å²) in [6, 6.07) is 0. The van der Waals surface area contributed by atoms with Gasteiger partial charge in [-0.15, -0.1) is 13.2 Å². The lowest BCUT2D eigenvalue weighted by Gasteiger charge is -2.63. The normalized spacial score (nSPS) is 46.7. The van der Waals surface area contributed by atoms with Crippen LogP contribution < -0.4 is 0 Å². The predicted octanol–water partition coefficient (Wildman–Crippen LogP) is 5.78. The topological polar surface area (TPSA) is 58.9 Å². The summed E-state index contributed by atoms with van der Waals surface area (Å²) in [5, 5.41) is 23.3. The lowest BCUT2D eigenvalue weighted by atomic mass is 9.43. The monoisotopic (exact) mass is 474 g/mol. The summed E-state index contributed by atoms with van der Waals surface area (Å²) in [5.41, 5.74) is 0.115. The van der Waals surface area contributed by atoms with Crippen molar-refractivity contribution in [2.75, 3.05) is 19.8 Å². The number of hydrogen-bond acceptors (Lipinski definition) is 4. The van der Waals surface area contributed by atoms with Gasteiger partial charge in [0.25, 0.3) is 0 Å². The summed E-state index contributed by atoms with van der Waals surface area (Å²) < 4.78 is 11.6. The van der Waals surface area contributed by atoms with E-state index in [4.69, 9.17) is 9.47 Å². The Morgan fingerprint density at radius 2 is 1.76 bits per heavy atom. The molecule has 194 valence electrons. The van der Waals surface area contributed by atoms with Crippen molar-refractivity contribution in [3.05, 3.63) is 25.3 Å². The van der Waals surface area contributed by atoms with Crippen molar-refractivity contribution in [1.29, 1.82) is 0 Å². The fraction of sp³-hybridized carbons (Fsp3) is 0.867. The van der Waals surface area contributed by atoms with E-state index in [1.165, 1.54) is 6.42 Å². The Morgan fingerprint density at radius 3 is 2.50 bits per heavy atom. The van der Waals surface area contributed by atoms with Gasteiger partial charge in [-0.25, -0.2) is 0 Å². The molecule has 0 bridgehead atoms. The smallest absolute Gasteiger partial charge is 0.0648 e. The van der Waals surface area contributed by atoms with Crippen LogP contribution in [0.25, 0.3) is 0 Å². The Balaban J connectivity index is 1.47. The van der Waals surface area contributed by atoms with Gasteiger partial charge in [0.1, 0.15) is 0 Å². The molecule has 0 aromatic carbocycles. The number of aliphatic hydroxyl groups excluding tert-OH is 2. The highest BCUT2D eigenvalue weighted by Crippen LogP contribution is 2.68. The van der Waals surface area contributed by atoms with Gasteiger partial charge in [-0.05, 0) is 104 Å². The first kappa shape index (κ1) is 26.4. The number of rotatable bonds is 10. The van der Waals surface area contributed by atoms with Gasteiger partial charge in [0.2, 0.25) is 0 Å². The zero-order chi connectivity index (χ0) is 24.5. The highest BCUT2D eigenvalue weighted by atomic mass is 16.5. The average Bonchev–Trinajstić information content (AvgIpc) is 3.17.